The van der Waals surface area contributed by atoms with Crippen LogP contribution >= 0.6 is 15.9 Å². The lowest BCUT2D eigenvalue weighted by molar-refractivity contribution is 0.363. The third-order valence-corrected chi connectivity index (χ3v) is 3.61. The standard InChI is InChI=1S/C15H21BrN2/c1-4-12-10-13(16)6-7-14(12)18-11-15(2,3)8-5-9-17/h6-7,10,18H,4-5,8,11H2,1-3H3. The highest BCUT2D eigenvalue weighted by atomic mass is 79.9. The van der Waals surface area contributed by atoms with Crippen LogP contribution in [0.15, 0.2) is 22.7 Å². The number of halogens is 1. The molecule has 0 aromatic heterocycles. The van der Waals surface area contributed by atoms with E-state index < -0.39 is 0 Å². The SMILES string of the molecule is CCc1cc(Br)ccc1NCC(C)(C)CCC#N. The van der Waals surface area contributed by atoms with Gasteiger partial charge in [0.15, 0.2) is 0 Å². The second-order valence-corrected chi connectivity index (χ2v) is 6.25. The van der Waals surface area contributed by atoms with Gasteiger partial charge in [0.2, 0.25) is 0 Å². The van der Waals surface area contributed by atoms with E-state index in [0.29, 0.717) is 6.42 Å². The smallest absolute Gasteiger partial charge is 0.0621 e. The Hall–Kier alpha value is -1.01. The van der Waals surface area contributed by atoms with Crippen LogP contribution in [0, 0.1) is 16.7 Å². The fraction of sp³-hybridized carbons (Fsp3) is 0.533. The van der Waals surface area contributed by atoms with Crippen LogP contribution in [0.25, 0.3) is 0 Å². The number of hydrogen-bond acceptors (Lipinski definition) is 2. The maximum absolute atomic E-state index is 8.65. The summed E-state index contributed by atoms with van der Waals surface area (Å²) in [4.78, 5) is 0. The van der Waals surface area contributed by atoms with Gasteiger partial charge in [-0.1, -0.05) is 36.7 Å². The molecule has 0 aliphatic rings. The van der Waals surface area contributed by atoms with Gasteiger partial charge in [0.05, 0.1) is 6.07 Å². The Morgan fingerprint density at radius 2 is 2.11 bits per heavy atom. The first kappa shape index (κ1) is 15.0. The van der Waals surface area contributed by atoms with E-state index in [4.69, 9.17) is 5.26 Å². The van der Waals surface area contributed by atoms with Gasteiger partial charge in [0, 0.05) is 23.1 Å². The molecule has 0 atom stereocenters. The summed E-state index contributed by atoms with van der Waals surface area (Å²) in [6.07, 6.45) is 2.56. The number of benzene rings is 1. The molecule has 98 valence electrons. The molecule has 0 fully saturated rings. The molecular weight excluding hydrogens is 288 g/mol. The van der Waals surface area contributed by atoms with Crippen LogP contribution < -0.4 is 5.32 Å². The van der Waals surface area contributed by atoms with Crippen molar-refractivity contribution in [3.05, 3.63) is 28.2 Å². The number of nitrogens with zero attached hydrogens (tertiary/aromatic N) is 1. The molecular formula is C15H21BrN2. The Morgan fingerprint density at radius 1 is 1.39 bits per heavy atom. The van der Waals surface area contributed by atoms with Crippen molar-refractivity contribution < 1.29 is 0 Å². The highest BCUT2D eigenvalue weighted by Crippen LogP contribution is 2.26. The van der Waals surface area contributed by atoms with Crippen LogP contribution in [0.5, 0.6) is 0 Å². The van der Waals surface area contributed by atoms with Crippen LogP contribution in [0.3, 0.4) is 0 Å². The molecule has 0 saturated carbocycles. The largest absolute Gasteiger partial charge is 0.384 e. The minimum atomic E-state index is 0.147. The molecule has 0 unspecified atom stereocenters. The Kier molecular flexibility index (Phi) is 5.68. The maximum atomic E-state index is 8.65. The van der Waals surface area contributed by atoms with Crippen LogP contribution in [-0.2, 0) is 6.42 Å². The molecule has 0 bridgehead atoms. The minimum absolute atomic E-state index is 0.147. The van der Waals surface area contributed by atoms with Gasteiger partial charge in [-0.05, 0) is 42.0 Å². The van der Waals surface area contributed by atoms with Crippen molar-refractivity contribution in [2.75, 3.05) is 11.9 Å². The zero-order valence-electron chi connectivity index (χ0n) is 11.4. The number of nitrogens with one attached hydrogen (secondary N) is 1. The summed E-state index contributed by atoms with van der Waals surface area (Å²) >= 11 is 3.50. The van der Waals surface area contributed by atoms with E-state index in [-0.39, 0.29) is 5.41 Å². The van der Waals surface area contributed by atoms with Gasteiger partial charge in [-0.15, -0.1) is 0 Å². The zero-order chi connectivity index (χ0) is 13.6. The van der Waals surface area contributed by atoms with Crippen molar-refractivity contribution in [3.63, 3.8) is 0 Å². The van der Waals surface area contributed by atoms with Crippen molar-refractivity contribution in [1.82, 2.24) is 0 Å². The van der Waals surface area contributed by atoms with Gasteiger partial charge in [-0.25, -0.2) is 0 Å². The first-order chi connectivity index (χ1) is 8.48. The van der Waals surface area contributed by atoms with Gasteiger partial charge in [-0.3, -0.25) is 0 Å². The summed E-state index contributed by atoms with van der Waals surface area (Å²) in [6, 6.07) is 8.55. The molecule has 1 aromatic rings. The first-order valence-corrected chi connectivity index (χ1v) is 7.17. The van der Waals surface area contributed by atoms with Crippen molar-refractivity contribution >= 4 is 21.6 Å². The van der Waals surface area contributed by atoms with Gasteiger partial charge < -0.3 is 5.32 Å². The van der Waals surface area contributed by atoms with Crippen molar-refractivity contribution in [1.29, 1.82) is 5.26 Å². The third kappa shape index (κ3) is 4.70. The molecule has 0 aliphatic heterocycles. The fourth-order valence-electron chi connectivity index (χ4n) is 1.84. The molecule has 1 aromatic carbocycles. The second-order valence-electron chi connectivity index (χ2n) is 5.33. The summed E-state index contributed by atoms with van der Waals surface area (Å²) in [6.45, 7) is 7.45. The van der Waals surface area contributed by atoms with Crippen LogP contribution in [0.4, 0.5) is 5.69 Å². The van der Waals surface area contributed by atoms with Gasteiger partial charge >= 0.3 is 0 Å². The zero-order valence-corrected chi connectivity index (χ0v) is 13.0. The summed E-state index contributed by atoms with van der Waals surface area (Å²) in [5.74, 6) is 0. The van der Waals surface area contributed by atoms with Crippen LogP contribution in [0.2, 0.25) is 0 Å². The van der Waals surface area contributed by atoms with E-state index in [1.807, 2.05) is 0 Å². The van der Waals surface area contributed by atoms with Gasteiger partial charge in [0.1, 0.15) is 0 Å². The Balaban J connectivity index is 2.66. The van der Waals surface area contributed by atoms with Gasteiger partial charge in [0.25, 0.3) is 0 Å². The number of aryl methyl sites for hydroxylation is 1. The molecule has 0 saturated heterocycles. The maximum Gasteiger partial charge on any atom is 0.0621 e. The van der Waals surface area contributed by atoms with E-state index in [2.05, 4.69) is 66.3 Å². The molecule has 0 amide bonds. The lowest BCUT2D eigenvalue weighted by Crippen LogP contribution is -2.23. The molecule has 0 aliphatic carbocycles. The summed E-state index contributed by atoms with van der Waals surface area (Å²) < 4.78 is 1.12. The lowest BCUT2D eigenvalue weighted by atomic mass is 9.88. The molecule has 2 nitrogen and oxygen atoms in total. The van der Waals surface area contributed by atoms with E-state index >= 15 is 0 Å². The van der Waals surface area contributed by atoms with E-state index in [1.165, 1.54) is 11.3 Å². The van der Waals surface area contributed by atoms with Crippen molar-refractivity contribution in [2.24, 2.45) is 5.41 Å². The molecule has 0 radical (unpaired) electrons. The Labute approximate surface area is 119 Å². The highest BCUT2D eigenvalue weighted by Gasteiger charge is 2.17. The summed E-state index contributed by atoms with van der Waals surface area (Å²) in [7, 11) is 0. The van der Waals surface area contributed by atoms with Crippen molar-refractivity contribution in [3.8, 4) is 6.07 Å². The number of rotatable bonds is 6. The number of nitriles is 1. The van der Waals surface area contributed by atoms with E-state index in [1.54, 1.807) is 0 Å². The van der Waals surface area contributed by atoms with Crippen LogP contribution in [0.1, 0.15) is 39.2 Å². The average Bonchev–Trinajstić information content (AvgIpc) is 2.35. The average molecular weight is 309 g/mol. The lowest BCUT2D eigenvalue weighted by Gasteiger charge is -2.25. The van der Waals surface area contributed by atoms with Gasteiger partial charge in [-0.2, -0.15) is 5.26 Å². The predicted molar refractivity (Wildman–Crippen MR) is 80.6 cm³/mol. The number of hydrogen-bond donors (Lipinski definition) is 1. The molecule has 18 heavy (non-hydrogen) atoms. The monoisotopic (exact) mass is 308 g/mol. The van der Waals surface area contributed by atoms with Crippen molar-refractivity contribution in [2.45, 2.75) is 40.0 Å². The first-order valence-electron chi connectivity index (χ1n) is 6.38. The second kappa shape index (κ2) is 6.80. The summed E-state index contributed by atoms with van der Waals surface area (Å²) in [5, 5.41) is 12.2. The minimum Gasteiger partial charge on any atom is -0.384 e. The molecule has 1 rings (SSSR count). The molecule has 3 heteroatoms. The predicted octanol–water partition coefficient (Wildman–Crippen LogP) is 4.75. The van der Waals surface area contributed by atoms with Crippen LogP contribution in [-0.4, -0.2) is 6.54 Å². The topological polar surface area (TPSA) is 35.8 Å². The summed E-state index contributed by atoms with van der Waals surface area (Å²) in [5.41, 5.74) is 2.67. The normalized spacial score (nSPS) is 11.1. The Morgan fingerprint density at radius 3 is 2.72 bits per heavy atom. The molecule has 0 spiro atoms. The third-order valence-electron chi connectivity index (χ3n) is 3.12. The van der Waals surface area contributed by atoms with E-state index in [9.17, 15) is 0 Å². The number of anilines is 1. The fourth-order valence-corrected chi connectivity index (χ4v) is 2.25. The quantitative estimate of drug-likeness (QED) is 0.823. The van der Waals surface area contributed by atoms with E-state index in [0.717, 1.165) is 23.9 Å². The molecule has 0 heterocycles. The Bertz CT molecular complexity index is 433. The molecule has 1 N–H and O–H groups in total. The highest BCUT2D eigenvalue weighted by molar-refractivity contribution is 9.10.